The third-order valence-electron chi connectivity index (χ3n) is 3.57. The molecule has 0 amide bonds. The normalized spacial score (nSPS) is 28.3. The molecule has 2 saturated carbocycles. The van der Waals surface area contributed by atoms with E-state index in [4.69, 9.17) is 0 Å². The molecule has 0 bridgehead atoms. The van der Waals surface area contributed by atoms with Gasteiger partial charge in [0.25, 0.3) is 0 Å². The molecule has 2 aliphatic rings. The summed E-state index contributed by atoms with van der Waals surface area (Å²) in [5.41, 5.74) is 1.19. The van der Waals surface area contributed by atoms with Gasteiger partial charge in [0, 0.05) is 11.8 Å². The number of rotatable bonds is 0. The second-order valence-electron chi connectivity index (χ2n) is 4.17. The molecule has 0 N–H and O–H groups in total. The van der Waals surface area contributed by atoms with E-state index in [1.807, 2.05) is 0 Å². The predicted molar refractivity (Wildman–Crippen MR) is 48.9 cm³/mol. The van der Waals surface area contributed by atoms with Crippen LogP contribution in [0.5, 0.6) is 0 Å². The molecule has 0 radical (unpaired) electrons. The fraction of sp³-hybridized carbons (Fsp3) is 0.727. The van der Waals surface area contributed by atoms with Crippen LogP contribution in [0, 0.1) is 5.41 Å². The molecule has 0 atom stereocenters. The van der Waals surface area contributed by atoms with Crippen LogP contribution < -0.4 is 0 Å². The maximum Gasteiger partial charge on any atom is 0.143 e. The summed E-state index contributed by atoms with van der Waals surface area (Å²) in [5.74, 6) is 0.479. The fourth-order valence-electron chi connectivity index (χ4n) is 2.73. The third kappa shape index (κ3) is 0.954. The molecule has 66 valence electrons. The van der Waals surface area contributed by atoms with Crippen LogP contribution in [0.4, 0.5) is 0 Å². The molecule has 1 nitrogen and oxygen atoms in total. The molecule has 2 aliphatic carbocycles. The molecule has 1 heteroatoms. The van der Waals surface area contributed by atoms with Crippen molar-refractivity contribution in [1.29, 1.82) is 0 Å². The topological polar surface area (TPSA) is 17.1 Å². The average molecular weight is 164 g/mol. The highest BCUT2D eigenvalue weighted by molar-refractivity contribution is 5.91. The minimum absolute atomic E-state index is 0.0434. The Morgan fingerprint density at radius 2 is 1.75 bits per heavy atom. The van der Waals surface area contributed by atoms with Crippen molar-refractivity contribution in [3.05, 3.63) is 12.2 Å². The van der Waals surface area contributed by atoms with Crippen molar-refractivity contribution in [2.45, 2.75) is 44.9 Å². The Morgan fingerprint density at radius 3 is 2.25 bits per heavy atom. The van der Waals surface area contributed by atoms with E-state index in [0.717, 1.165) is 25.7 Å². The van der Waals surface area contributed by atoms with Crippen molar-refractivity contribution >= 4 is 5.78 Å². The summed E-state index contributed by atoms with van der Waals surface area (Å²) in [6, 6.07) is 0. The SMILES string of the molecule is C=C1CCC(=O)C12CCCCC2. The zero-order chi connectivity index (χ0) is 8.60. The van der Waals surface area contributed by atoms with E-state index in [9.17, 15) is 4.79 Å². The van der Waals surface area contributed by atoms with Crippen molar-refractivity contribution in [3.63, 3.8) is 0 Å². The van der Waals surface area contributed by atoms with Gasteiger partial charge < -0.3 is 0 Å². The lowest BCUT2D eigenvalue weighted by Gasteiger charge is -2.32. The lowest BCUT2D eigenvalue weighted by Crippen LogP contribution is -2.29. The number of ketones is 1. The highest BCUT2D eigenvalue weighted by Crippen LogP contribution is 2.49. The van der Waals surface area contributed by atoms with E-state index in [1.165, 1.54) is 24.8 Å². The molecule has 2 rings (SSSR count). The minimum atomic E-state index is -0.0434. The molecule has 0 aromatic carbocycles. The van der Waals surface area contributed by atoms with Gasteiger partial charge in [-0.25, -0.2) is 0 Å². The number of allylic oxidation sites excluding steroid dienone is 1. The summed E-state index contributed by atoms with van der Waals surface area (Å²) >= 11 is 0. The molecule has 0 aromatic rings. The van der Waals surface area contributed by atoms with Crippen molar-refractivity contribution in [2.24, 2.45) is 5.41 Å². The molecule has 12 heavy (non-hydrogen) atoms. The van der Waals surface area contributed by atoms with Crippen LogP contribution in [0.25, 0.3) is 0 Å². The maximum absolute atomic E-state index is 11.7. The Labute approximate surface area is 73.8 Å². The summed E-state index contributed by atoms with van der Waals surface area (Å²) in [6.07, 6.45) is 7.66. The molecule has 0 saturated heterocycles. The van der Waals surface area contributed by atoms with Gasteiger partial charge in [-0.05, 0) is 19.3 Å². The summed E-state index contributed by atoms with van der Waals surface area (Å²) in [5, 5.41) is 0. The first-order valence-corrected chi connectivity index (χ1v) is 4.97. The molecule has 0 unspecified atom stereocenters. The zero-order valence-corrected chi connectivity index (χ0v) is 7.57. The number of carbonyl (C=O) groups excluding carboxylic acids is 1. The zero-order valence-electron chi connectivity index (χ0n) is 7.57. The Kier molecular flexibility index (Phi) is 1.82. The third-order valence-corrected chi connectivity index (χ3v) is 3.57. The van der Waals surface area contributed by atoms with E-state index in [2.05, 4.69) is 6.58 Å². The van der Waals surface area contributed by atoms with Gasteiger partial charge in [0.05, 0.1) is 0 Å². The van der Waals surface area contributed by atoms with Gasteiger partial charge in [-0.1, -0.05) is 31.4 Å². The van der Waals surface area contributed by atoms with Crippen molar-refractivity contribution in [2.75, 3.05) is 0 Å². The monoisotopic (exact) mass is 164 g/mol. The lowest BCUT2D eigenvalue weighted by atomic mass is 9.70. The summed E-state index contributed by atoms with van der Waals surface area (Å²) in [7, 11) is 0. The Hall–Kier alpha value is -0.590. The lowest BCUT2D eigenvalue weighted by molar-refractivity contribution is -0.125. The molecule has 0 heterocycles. The maximum atomic E-state index is 11.7. The first-order chi connectivity index (χ1) is 5.76. The second kappa shape index (κ2) is 2.72. The highest BCUT2D eigenvalue weighted by atomic mass is 16.1. The van der Waals surface area contributed by atoms with Crippen molar-refractivity contribution in [3.8, 4) is 0 Å². The Bertz CT molecular complexity index is 203. The van der Waals surface area contributed by atoms with Gasteiger partial charge in [0.1, 0.15) is 5.78 Å². The first-order valence-electron chi connectivity index (χ1n) is 4.97. The molecular formula is C11H16O. The fourth-order valence-corrected chi connectivity index (χ4v) is 2.73. The van der Waals surface area contributed by atoms with Crippen LogP contribution in [0.1, 0.15) is 44.9 Å². The quantitative estimate of drug-likeness (QED) is 0.503. The van der Waals surface area contributed by atoms with Crippen LogP contribution in [-0.4, -0.2) is 5.78 Å². The first kappa shape index (κ1) is 8.03. The van der Waals surface area contributed by atoms with Gasteiger partial charge in [0.15, 0.2) is 0 Å². The summed E-state index contributed by atoms with van der Waals surface area (Å²) in [4.78, 5) is 11.7. The highest BCUT2D eigenvalue weighted by Gasteiger charge is 2.44. The Balaban J connectivity index is 2.26. The summed E-state index contributed by atoms with van der Waals surface area (Å²) < 4.78 is 0. The van der Waals surface area contributed by atoms with Crippen LogP contribution in [0.15, 0.2) is 12.2 Å². The predicted octanol–water partition coefficient (Wildman–Crippen LogP) is 2.86. The van der Waals surface area contributed by atoms with Crippen LogP contribution in [-0.2, 0) is 4.79 Å². The van der Waals surface area contributed by atoms with E-state index < -0.39 is 0 Å². The smallest absolute Gasteiger partial charge is 0.143 e. The molecule has 0 aromatic heterocycles. The van der Waals surface area contributed by atoms with Crippen LogP contribution >= 0.6 is 0 Å². The average Bonchev–Trinajstić information content (AvgIpc) is 2.36. The van der Waals surface area contributed by atoms with Gasteiger partial charge in [-0.3, -0.25) is 4.79 Å². The molecular weight excluding hydrogens is 148 g/mol. The van der Waals surface area contributed by atoms with E-state index in [1.54, 1.807) is 0 Å². The molecule has 1 spiro atoms. The van der Waals surface area contributed by atoms with Gasteiger partial charge in [-0.15, -0.1) is 0 Å². The molecule has 0 aliphatic heterocycles. The number of hydrogen-bond acceptors (Lipinski definition) is 1. The van der Waals surface area contributed by atoms with Gasteiger partial charge in [0.2, 0.25) is 0 Å². The summed E-state index contributed by atoms with van der Waals surface area (Å²) in [6.45, 7) is 4.06. The van der Waals surface area contributed by atoms with E-state index >= 15 is 0 Å². The number of hydrogen-bond donors (Lipinski definition) is 0. The second-order valence-corrected chi connectivity index (χ2v) is 4.17. The van der Waals surface area contributed by atoms with Crippen molar-refractivity contribution in [1.82, 2.24) is 0 Å². The van der Waals surface area contributed by atoms with Gasteiger partial charge >= 0.3 is 0 Å². The largest absolute Gasteiger partial charge is 0.299 e. The standard InChI is InChI=1S/C11H16O/c1-9-5-6-10(12)11(9)7-3-2-4-8-11/h1-8H2. The van der Waals surface area contributed by atoms with E-state index in [0.29, 0.717) is 5.78 Å². The van der Waals surface area contributed by atoms with E-state index in [-0.39, 0.29) is 5.41 Å². The number of Topliss-reactive ketones (excluding diaryl/α,β-unsaturated/α-hetero) is 1. The number of carbonyl (C=O) groups is 1. The van der Waals surface area contributed by atoms with Crippen LogP contribution in [0.3, 0.4) is 0 Å². The van der Waals surface area contributed by atoms with Crippen molar-refractivity contribution < 1.29 is 4.79 Å². The molecule has 2 fully saturated rings. The van der Waals surface area contributed by atoms with Crippen LogP contribution in [0.2, 0.25) is 0 Å². The minimum Gasteiger partial charge on any atom is -0.299 e. The Morgan fingerprint density at radius 1 is 1.08 bits per heavy atom. The van der Waals surface area contributed by atoms with Gasteiger partial charge in [-0.2, -0.15) is 0 Å².